The Morgan fingerprint density at radius 1 is 0.744 bits per heavy atom. The van der Waals surface area contributed by atoms with Gasteiger partial charge >= 0.3 is 0 Å². The van der Waals surface area contributed by atoms with Gasteiger partial charge in [-0.1, -0.05) is 36.8 Å². The average molecular weight is 680 g/mol. The maximum atomic E-state index is 12.2. The van der Waals surface area contributed by atoms with Crippen LogP contribution in [0.5, 0.6) is 0 Å². The van der Waals surface area contributed by atoms with E-state index >= 15 is 0 Å². The second-order valence-electron chi connectivity index (χ2n) is 9.58. The first kappa shape index (κ1) is 45.2. The van der Waals surface area contributed by atoms with Crippen LogP contribution in [0.25, 0.3) is 0 Å². The molecule has 0 saturated carbocycles. The number of hydrogen-bond acceptors (Lipinski definition) is 11. The second kappa shape index (κ2) is 24.1. The molecule has 43 heavy (non-hydrogen) atoms. The number of nitrogens with one attached hydrogen (secondary N) is 2. The van der Waals surface area contributed by atoms with Crippen LogP contribution < -0.4 is 27.8 Å². The zero-order chi connectivity index (χ0) is 34.3. The Bertz CT molecular complexity index is 1120. The monoisotopic (exact) mass is 679 g/mol. The highest BCUT2D eigenvalue weighted by Crippen LogP contribution is 2.04. The van der Waals surface area contributed by atoms with Crippen molar-refractivity contribution in [2.45, 2.75) is 70.0 Å². The summed E-state index contributed by atoms with van der Waals surface area (Å²) in [6.45, 7) is 3.14. The Labute approximate surface area is 255 Å². The van der Waals surface area contributed by atoms with Crippen molar-refractivity contribution in [1.29, 1.82) is 0 Å². The predicted octanol–water partition coefficient (Wildman–Crippen LogP) is -0.684. The summed E-state index contributed by atoms with van der Waals surface area (Å²) in [5.74, 6) is -0.261. The summed E-state index contributed by atoms with van der Waals surface area (Å²) in [6, 6.07) is 9.05. The molecule has 0 saturated heterocycles. The van der Waals surface area contributed by atoms with Gasteiger partial charge in [-0.3, -0.25) is 23.2 Å². The number of hydrogen-bond donors (Lipinski definition) is 8. The van der Waals surface area contributed by atoms with Crippen molar-refractivity contribution < 1.29 is 48.5 Å². The van der Waals surface area contributed by atoms with Crippen molar-refractivity contribution in [2.75, 3.05) is 31.9 Å². The molecule has 0 spiro atoms. The Morgan fingerprint density at radius 2 is 1.14 bits per heavy atom. The van der Waals surface area contributed by atoms with Crippen LogP contribution in [0.4, 0.5) is 0 Å². The zero-order valence-electron chi connectivity index (χ0n) is 25.0. The second-order valence-corrected chi connectivity index (χ2v) is 14.0. The minimum Gasteiger partial charge on any atom is -0.355 e. The summed E-state index contributed by atoms with van der Waals surface area (Å²) in [5, 5.41) is 5.80. The van der Waals surface area contributed by atoms with E-state index in [0.717, 1.165) is 32.1 Å². The van der Waals surface area contributed by atoms with Crippen LogP contribution in [0.3, 0.4) is 0 Å². The summed E-state index contributed by atoms with van der Waals surface area (Å²) < 4.78 is 77.6. The minimum atomic E-state index is -3.67. The average Bonchev–Trinajstić information content (AvgIpc) is 2.81. The van der Waals surface area contributed by atoms with Crippen LogP contribution in [0, 0.1) is 0 Å². The van der Waals surface area contributed by atoms with Crippen LogP contribution in [0.2, 0.25) is 0 Å². The largest absolute Gasteiger partial charge is 0.355 e. The molecule has 0 aliphatic carbocycles. The fraction of sp³-hybridized carbons (Fsp3) is 0.667. The van der Waals surface area contributed by atoms with Crippen LogP contribution in [0.15, 0.2) is 30.3 Å². The first-order valence-electron chi connectivity index (χ1n) is 13.0. The molecule has 3 atom stereocenters. The third-order valence-corrected chi connectivity index (χ3v) is 4.66. The fourth-order valence-electron chi connectivity index (χ4n) is 2.97. The van der Waals surface area contributed by atoms with Gasteiger partial charge in [-0.05, 0) is 57.6 Å². The third kappa shape index (κ3) is 46.9. The Kier molecular flexibility index (Phi) is 25.4. The molecule has 1 rings (SSSR count). The SMILES string of the molecule is CS(=O)(=O)O.CS(=O)(=O)O.CS(=O)(=O)O.C[C@@H](Cc1ccccc1)NC(=O)[C@@H](N)CCCCNC(=O)[C@@H](N)CCCCN. The van der Waals surface area contributed by atoms with Gasteiger partial charge in [0.25, 0.3) is 30.4 Å². The molecule has 0 aliphatic rings. The standard InChI is InChI=1S/C21H37N5O2.3CH4O3S/c1-16(15-17-9-3-2-4-10-17)26-21(28)19(24)12-6-8-14-25-20(27)18(23)11-5-7-13-22;3*1-5(2,3)4/h2-4,9-10,16,18-19H,5-8,11-15,22-24H2,1H3,(H,25,27)(H,26,28);3*1H3,(H,2,3,4)/t16-,18-,19-;;;/m0.../s1. The Morgan fingerprint density at radius 3 is 1.56 bits per heavy atom. The highest BCUT2D eigenvalue weighted by atomic mass is 32.2. The van der Waals surface area contributed by atoms with Crippen molar-refractivity contribution in [3.63, 3.8) is 0 Å². The van der Waals surface area contributed by atoms with Crippen molar-refractivity contribution >= 4 is 42.2 Å². The van der Waals surface area contributed by atoms with Gasteiger partial charge in [-0.2, -0.15) is 25.3 Å². The van der Waals surface area contributed by atoms with E-state index in [0.29, 0.717) is 44.7 Å². The molecule has 0 aliphatic heterocycles. The number of rotatable bonds is 14. The van der Waals surface area contributed by atoms with E-state index in [1.807, 2.05) is 37.3 Å². The predicted molar refractivity (Wildman–Crippen MR) is 166 cm³/mol. The molecular weight excluding hydrogens is 630 g/mol. The molecule has 0 fully saturated rings. The number of nitrogens with two attached hydrogens (primary N) is 3. The molecule has 254 valence electrons. The van der Waals surface area contributed by atoms with E-state index in [9.17, 15) is 34.8 Å². The summed E-state index contributed by atoms with van der Waals surface area (Å²) in [5.41, 5.74) is 18.4. The first-order valence-corrected chi connectivity index (χ1v) is 18.6. The van der Waals surface area contributed by atoms with Gasteiger partial charge in [0.05, 0.1) is 30.9 Å². The van der Waals surface area contributed by atoms with Crippen LogP contribution in [0.1, 0.15) is 51.0 Å². The van der Waals surface area contributed by atoms with E-state index in [4.69, 9.17) is 30.9 Å². The lowest BCUT2D eigenvalue weighted by atomic mass is 10.1. The van der Waals surface area contributed by atoms with Crippen LogP contribution >= 0.6 is 0 Å². The van der Waals surface area contributed by atoms with Crippen molar-refractivity contribution in [2.24, 2.45) is 17.2 Å². The van der Waals surface area contributed by atoms with Gasteiger partial charge in [0.2, 0.25) is 11.8 Å². The fourth-order valence-corrected chi connectivity index (χ4v) is 2.97. The van der Waals surface area contributed by atoms with E-state index in [1.165, 1.54) is 5.56 Å². The topological polar surface area (TPSA) is 299 Å². The van der Waals surface area contributed by atoms with Gasteiger partial charge in [-0.15, -0.1) is 0 Å². The van der Waals surface area contributed by atoms with E-state index < -0.39 is 42.4 Å². The quantitative estimate of drug-likeness (QED) is 0.0892. The van der Waals surface area contributed by atoms with Crippen molar-refractivity contribution in [1.82, 2.24) is 10.6 Å². The molecule has 16 nitrogen and oxygen atoms in total. The Hall–Kier alpha value is -2.23. The maximum absolute atomic E-state index is 12.2. The minimum absolute atomic E-state index is 0.0287. The summed E-state index contributed by atoms with van der Waals surface area (Å²) in [4.78, 5) is 24.1. The van der Waals surface area contributed by atoms with Gasteiger partial charge in [0.1, 0.15) is 0 Å². The molecule has 1 aromatic rings. The molecule has 0 radical (unpaired) electrons. The molecular formula is C24H49N5O11S3. The molecule has 2 amide bonds. The first-order chi connectivity index (χ1) is 19.4. The van der Waals surface area contributed by atoms with Gasteiger partial charge in [0, 0.05) is 12.6 Å². The van der Waals surface area contributed by atoms with Gasteiger partial charge < -0.3 is 27.8 Å². The highest BCUT2D eigenvalue weighted by Gasteiger charge is 2.16. The van der Waals surface area contributed by atoms with Crippen LogP contribution in [-0.4, -0.2) is 101 Å². The smallest absolute Gasteiger partial charge is 0.261 e. The lowest BCUT2D eigenvalue weighted by Crippen LogP contribution is -2.45. The normalized spacial score (nSPS) is 13.3. The number of benzene rings is 1. The summed E-state index contributed by atoms with van der Waals surface area (Å²) >= 11 is 0. The molecule has 11 N–H and O–H groups in total. The molecule has 1 aromatic carbocycles. The van der Waals surface area contributed by atoms with Gasteiger partial charge in [-0.25, -0.2) is 0 Å². The molecule has 0 bridgehead atoms. The molecule has 0 aromatic heterocycles. The number of unbranched alkanes of at least 4 members (excludes halogenated alkanes) is 2. The highest BCUT2D eigenvalue weighted by molar-refractivity contribution is 7.85. The van der Waals surface area contributed by atoms with E-state index in [1.54, 1.807) is 0 Å². The zero-order valence-corrected chi connectivity index (χ0v) is 27.5. The Balaban J connectivity index is -0.000000873. The number of carbonyl (C=O) groups is 2. The van der Waals surface area contributed by atoms with Crippen molar-refractivity contribution in [3.8, 4) is 0 Å². The van der Waals surface area contributed by atoms with Crippen molar-refractivity contribution in [3.05, 3.63) is 35.9 Å². The summed E-state index contributed by atoms with van der Waals surface area (Å²) in [6.07, 6.45) is 7.43. The lowest BCUT2D eigenvalue weighted by Gasteiger charge is -2.18. The van der Waals surface area contributed by atoms with Gasteiger partial charge in [0.15, 0.2) is 0 Å². The maximum Gasteiger partial charge on any atom is 0.261 e. The molecule has 0 unspecified atom stereocenters. The van der Waals surface area contributed by atoms with E-state index in [2.05, 4.69) is 10.6 Å². The number of amides is 2. The third-order valence-electron chi connectivity index (χ3n) is 4.66. The molecule has 19 heteroatoms. The lowest BCUT2D eigenvalue weighted by molar-refractivity contribution is -0.123. The van der Waals surface area contributed by atoms with E-state index in [-0.39, 0.29) is 17.9 Å². The van der Waals surface area contributed by atoms with Crippen LogP contribution in [-0.2, 0) is 46.4 Å². The summed E-state index contributed by atoms with van der Waals surface area (Å²) in [7, 11) is -11.0. The molecule has 0 heterocycles. The number of carbonyl (C=O) groups excluding carboxylic acids is 2.